The lowest BCUT2D eigenvalue weighted by molar-refractivity contribution is 0.0241. The lowest BCUT2D eigenvalue weighted by Gasteiger charge is -2.28. The zero-order chi connectivity index (χ0) is 19.6. The van der Waals surface area contributed by atoms with Crippen molar-refractivity contribution in [2.75, 3.05) is 32.5 Å². The molecule has 0 aliphatic carbocycles. The topological polar surface area (TPSA) is 79.8 Å². The molecule has 2 N–H and O–H groups in total. The molecule has 0 amide bonds. The van der Waals surface area contributed by atoms with Gasteiger partial charge in [0.05, 0.1) is 23.3 Å². The summed E-state index contributed by atoms with van der Waals surface area (Å²) in [6, 6.07) is 8.55. The van der Waals surface area contributed by atoms with E-state index in [0.717, 1.165) is 6.54 Å². The van der Waals surface area contributed by atoms with Crippen molar-refractivity contribution in [2.24, 2.45) is 10.4 Å². The molecule has 0 saturated heterocycles. The van der Waals surface area contributed by atoms with E-state index in [1.165, 1.54) is 0 Å². The summed E-state index contributed by atoms with van der Waals surface area (Å²) in [4.78, 5) is 4.93. The van der Waals surface area contributed by atoms with E-state index in [4.69, 9.17) is 4.74 Å². The van der Waals surface area contributed by atoms with Crippen LogP contribution in [0.25, 0.3) is 0 Å². The first-order valence-electron chi connectivity index (χ1n) is 9.03. The number of nitrogens with zero attached hydrogens (tertiary/aromatic N) is 1. The molecule has 27 heavy (non-hydrogen) atoms. The summed E-state index contributed by atoms with van der Waals surface area (Å²) in [6.07, 6.45) is 0.519. The number of halogens is 1. The Labute approximate surface area is 181 Å². The molecule has 0 saturated carbocycles. The van der Waals surface area contributed by atoms with Gasteiger partial charge in [0.1, 0.15) is 0 Å². The first-order chi connectivity index (χ1) is 12.2. The fraction of sp³-hybridized carbons (Fsp3) is 0.632. The lowest BCUT2D eigenvalue weighted by atomic mass is 9.89. The molecule has 0 spiro atoms. The number of methoxy groups -OCH3 is 1. The molecule has 1 aromatic carbocycles. The van der Waals surface area contributed by atoms with E-state index in [1.807, 2.05) is 13.0 Å². The van der Waals surface area contributed by atoms with Crippen LogP contribution in [0.2, 0.25) is 0 Å². The molecule has 0 radical (unpaired) electrons. The average molecular weight is 511 g/mol. The predicted octanol–water partition coefficient (Wildman–Crippen LogP) is 3.08. The number of nitrogens with one attached hydrogen (secondary N) is 2. The molecule has 1 atom stereocenters. The number of hydrogen-bond acceptors (Lipinski definition) is 4. The lowest BCUT2D eigenvalue weighted by Crippen LogP contribution is -2.40. The Kier molecular flexibility index (Phi) is 12.2. The monoisotopic (exact) mass is 511 g/mol. The van der Waals surface area contributed by atoms with Gasteiger partial charge in [-0.3, -0.25) is 4.99 Å². The summed E-state index contributed by atoms with van der Waals surface area (Å²) in [7, 11) is -1.55. The van der Waals surface area contributed by atoms with Crippen LogP contribution in [-0.4, -0.2) is 53.0 Å². The van der Waals surface area contributed by atoms with Gasteiger partial charge in [-0.1, -0.05) is 39.0 Å². The Hall–Kier alpha value is -0.870. The van der Waals surface area contributed by atoms with Gasteiger partial charge in [-0.2, -0.15) is 0 Å². The van der Waals surface area contributed by atoms with Crippen molar-refractivity contribution in [2.45, 2.75) is 45.1 Å². The molecule has 0 aromatic heterocycles. The summed E-state index contributed by atoms with van der Waals surface area (Å²) in [5.74, 6) is 0.780. The van der Waals surface area contributed by atoms with Crippen LogP contribution in [0.4, 0.5) is 0 Å². The van der Waals surface area contributed by atoms with Gasteiger partial charge in [-0.15, -0.1) is 24.0 Å². The Morgan fingerprint density at radius 2 is 1.81 bits per heavy atom. The van der Waals surface area contributed by atoms with E-state index in [0.29, 0.717) is 30.4 Å². The Morgan fingerprint density at radius 1 is 1.19 bits per heavy atom. The summed E-state index contributed by atoms with van der Waals surface area (Å²) in [5.41, 5.74) is -0.000658. The van der Waals surface area contributed by atoms with Crippen molar-refractivity contribution in [3.8, 4) is 0 Å². The zero-order valence-corrected chi connectivity index (χ0v) is 20.1. The fourth-order valence-electron chi connectivity index (χ4n) is 2.43. The largest absolute Gasteiger partial charge is 0.379 e. The Bertz CT molecular complexity index is 659. The smallest absolute Gasteiger partial charge is 0.191 e. The predicted molar refractivity (Wildman–Crippen MR) is 123 cm³/mol. The minimum atomic E-state index is -3.24. The molecule has 6 nitrogen and oxygen atoms in total. The quantitative estimate of drug-likeness (QED) is 0.231. The zero-order valence-electron chi connectivity index (χ0n) is 17.0. The molecule has 0 aliphatic heterocycles. The van der Waals surface area contributed by atoms with Gasteiger partial charge in [0.15, 0.2) is 15.8 Å². The number of hydrogen-bond donors (Lipinski definition) is 2. The van der Waals surface area contributed by atoms with Gasteiger partial charge in [-0.05, 0) is 30.9 Å². The van der Waals surface area contributed by atoms with Crippen molar-refractivity contribution in [1.82, 2.24) is 10.6 Å². The van der Waals surface area contributed by atoms with Gasteiger partial charge in [-0.25, -0.2) is 8.42 Å². The first kappa shape index (κ1) is 26.1. The first-order valence-corrected chi connectivity index (χ1v) is 10.7. The second-order valence-electron chi connectivity index (χ2n) is 7.22. The van der Waals surface area contributed by atoms with E-state index in [9.17, 15) is 8.42 Å². The highest BCUT2D eigenvalue weighted by molar-refractivity contribution is 14.0. The molecule has 0 fully saturated rings. The summed E-state index contributed by atoms with van der Waals surface area (Å²) in [6.45, 7) is 10.2. The molecule has 8 heteroatoms. The number of guanidine groups is 1. The van der Waals surface area contributed by atoms with E-state index in [-0.39, 0.29) is 41.2 Å². The van der Waals surface area contributed by atoms with Crippen molar-refractivity contribution >= 4 is 39.8 Å². The summed E-state index contributed by atoms with van der Waals surface area (Å²) < 4.78 is 30.1. The van der Waals surface area contributed by atoms with Gasteiger partial charge in [0, 0.05) is 20.2 Å². The van der Waals surface area contributed by atoms with Crippen molar-refractivity contribution in [3.05, 3.63) is 30.3 Å². The number of ether oxygens (including phenoxy) is 1. The van der Waals surface area contributed by atoms with Crippen LogP contribution in [0.3, 0.4) is 0 Å². The second-order valence-corrected chi connectivity index (χ2v) is 9.33. The molecule has 1 rings (SSSR count). The van der Waals surface area contributed by atoms with Gasteiger partial charge < -0.3 is 15.4 Å². The van der Waals surface area contributed by atoms with Crippen molar-refractivity contribution < 1.29 is 13.2 Å². The van der Waals surface area contributed by atoms with Crippen LogP contribution in [0.5, 0.6) is 0 Å². The van der Waals surface area contributed by atoms with Gasteiger partial charge in [0.25, 0.3) is 0 Å². The number of aliphatic imine (C=N–C) groups is 1. The normalized spacial score (nSPS) is 13.6. The standard InChI is InChI=1S/C19H33N3O3S.HI/c1-6-20-18(22-15-17(25-5)19(2,3)4)21-13-10-14-26(23,24)16-11-8-7-9-12-16;/h7-9,11-12,17H,6,10,13-15H2,1-5H3,(H2,20,21,22);1H. The maximum Gasteiger partial charge on any atom is 0.191 e. The maximum atomic E-state index is 12.3. The van der Waals surface area contributed by atoms with E-state index in [1.54, 1.807) is 31.4 Å². The second kappa shape index (κ2) is 12.6. The fourth-order valence-corrected chi connectivity index (χ4v) is 3.76. The minimum absolute atomic E-state index is 0. The van der Waals surface area contributed by atoms with Gasteiger partial charge >= 0.3 is 0 Å². The summed E-state index contributed by atoms with van der Waals surface area (Å²) >= 11 is 0. The van der Waals surface area contributed by atoms with Crippen LogP contribution < -0.4 is 10.6 Å². The van der Waals surface area contributed by atoms with E-state index < -0.39 is 9.84 Å². The average Bonchev–Trinajstić information content (AvgIpc) is 2.58. The minimum Gasteiger partial charge on any atom is -0.379 e. The molecule has 0 heterocycles. The molecule has 156 valence electrons. The third-order valence-corrected chi connectivity index (χ3v) is 5.81. The van der Waals surface area contributed by atoms with Crippen LogP contribution in [-0.2, 0) is 14.6 Å². The molecule has 1 unspecified atom stereocenters. The van der Waals surface area contributed by atoms with Gasteiger partial charge in [0.2, 0.25) is 0 Å². The number of sulfone groups is 1. The maximum absolute atomic E-state index is 12.3. The molecule has 0 aliphatic rings. The Morgan fingerprint density at radius 3 is 2.33 bits per heavy atom. The molecular weight excluding hydrogens is 477 g/mol. The van der Waals surface area contributed by atoms with Crippen LogP contribution >= 0.6 is 24.0 Å². The van der Waals surface area contributed by atoms with Crippen molar-refractivity contribution in [1.29, 1.82) is 0 Å². The third kappa shape index (κ3) is 9.75. The third-order valence-electron chi connectivity index (χ3n) is 3.99. The van der Waals surface area contributed by atoms with Crippen LogP contribution in [0, 0.1) is 5.41 Å². The van der Waals surface area contributed by atoms with Crippen LogP contribution in [0.15, 0.2) is 40.2 Å². The molecule has 1 aromatic rings. The number of benzene rings is 1. The van der Waals surface area contributed by atoms with E-state index in [2.05, 4.69) is 36.4 Å². The van der Waals surface area contributed by atoms with E-state index >= 15 is 0 Å². The SMILES string of the molecule is CCNC(=NCC(OC)C(C)(C)C)NCCCS(=O)(=O)c1ccccc1.I. The highest BCUT2D eigenvalue weighted by Gasteiger charge is 2.24. The summed E-state index contributed by atoms with van der Waals surface area (Å²) in [5, 5.41) is 6.37. The van der Waals surface area contributed by atoms with Crippen molar-refractivity contribution in [3.63, 3.8) is 0 Å². The Balaban J connectivity index is 0.00000676. The highest BCUT2D eigenvalue weighted by atomic mass is 127. The molecule has 0 bridgehead atoms. The number of rotatable bonds is 9. The molecular formula is C19H34IN3O3S. The van der Waals surface area contributed by atoms with Crippen LogP contribution in [0.1, 0.15) is 34.1 Å². The highest BCUT2D eigenvalue weighted by Crippen LogP contribution is 2.21.